The molecule has 0 spiro atoms. The molecule has 0 bridgehead atoms. The number of hydrogen-bond acceptors (Lipinski definition) is 4. The van der Waals surface area contributed by atoms with Crippen molar-refractivity contribution in [3.63, 3.8) is 0 Å². The Morgan fingerprint density at radius 1 is 1.04 bits per heavy atom. The zero-order valence-corrected chi connectivity index (χ0v) is 17.0. The molecule has 1 aliphatic rings. The van der Waals surface area contributed by atoms with Crippen LogP contribution in [0.5, 0.6) is 5.75 Å². The molecule has 0 saturated carbocycles. The molecule has 7 heteroatoms. The maximum absolute atomic E-state index is 12.7. The standard InChI is InChI=1S/C21H26N2O4S/c1-16(2)27-19-8-6-7-17(15-19)21(24)22-18-9-11-20(12-10-18)28(25,26)23-13-4-3-5-14-23/h6-12,15-16H,3-5,13-14H2,1-2H3,(H,22,24). The number of amides is 1. The van der Waals surface area contributed by atoms with Crippen LogP contribution in [0.15, 0.2) is 53.4 Å². The van der Waals surface area contributed by atoms with Crippen LogP contribution in [0.2, 0.25) is 0 Å². The molecule has 2 aromatic carbocycles. The molecule has 0 atom stereocenters. The predicted molar refractivity (Wildman–Crippen MR) is 109 cm³/mol. The minimum absolute atomic E-state index is 0.0210. The number of piperidine rings is 1. The average molecular weight is 403 g/mol. The van der Waals surface area contributed by atoms with E-state index in [1.54, 1.807) is 36.4 Å². The molecule has 0 radical (unpaired) electrons. The lowest BCUT2D eigenvalue weighted by Crippen LogP contribution is -2.35. The molecule has 1 N–H and O–H groups in total. The third-order valence-electron chi connectivity index (χ3n) is 4.53. The molecule has 1 saturated heterocycles. The SMILES string of the molecule is CC(C)Oc1cccc(C(=O)Nc2ccc(S(=O)(=O)N3CCCCC3)cc2)c1. The fraction of sp³-hybridized carbons (Fsp3) is 0.381. The lowest BCUT2D eigenvalue weighted by Gasteiger charge is -2.25. The quantitative estimate of drug-likeness (QED) is 0.795. The van der Waals surface area contributed by atoms with Crippen molar-refractivity contribution in [2.45, 2.75) is 44.1 Å². The van der Waals surface area contributed by atoms with E-state index in [0.717, 1.165) is 19.3 Å². The van der Waals surface area contributed by atoms with Crippen molar-refractivity contribution in [1.29, 1.82) is 0 Å². The average Bonchev–Trinajstić information content (AvgIpc) is 2.69. The lowest BCUT2D eigenvalue weighted by atomic mass is 10.2. The van der Waals surface area contributed by atoms with Crippen molar-refractivity contribution in [2.24, 2.45) is 0 Å². The zero-order valence-electron chi connectivity index (χ0n) is 16.2. The molecule has 0 aromatic heterocycles. The van der Waals surface area contributed by atoms with Gasteiger partial charge in [0, 0.05) is 24.3 Å². The Labute approximate surface area is 166 Å². The van der Waals surface area contributed by atoms with Gasteiger partial charge in [-0.05, 0) is 69.2 Å². The van der Waals surface area contributed by atoms with Gasteiger partial charge in [0.15, 0.2) is 0 Å². The highest BCUT2D eigenvalue weighted by Gasteiger charge is 2.25. The summed E-state index contributed by atoms with van der Waals surface area (Å²) < 4.78 is 32.5. The molecule has 0 aliphatic carbocycles. The first-order valence-electron chi connectivity index (χ1n) is 9.54. The van der Waals surface area contributed by atoms with Crippen LogP contribution in [-0.4, -0.2) is 37.8 Å². The molecule has 0 unspecified atom stereocenters. The van der Waals surface area contributed by atoms with Crippen LogP contribution >= 0.6 is 0 Å². The summed E-state index contributed by atoms with van der Waals surface area (Å²) in [6, 6.07) is 13.3. The maximum Gasteiger partial charge on any atom is 0.255 e. The van der Waals surface area contributed by atoms with Crippen LogP contribution in [0.1, 0.15) is 43.5 Å². The van der Waals surface area contributed by atoms with Crippen LogP contribution in [-0.2, 0) is 10.0 Å². The number of carbonyl (C=O) groups is 1. The smallest absolute Gasteiger partial charge is 0.255 e. The largest absolute Gasteiger partial charge is 0.491 e. The van der Waals surface area contributed by atoms with Gasteiger partial charge in [0.1, 0.15) is 5.75 Å². The summed E-state index contributed by atoms with van der Waals surface area (Å²) >= 11 is 0. The number of anilines is 1. The molecule has 3 rings (SSSR count). The number of hydrogen-bond donors (Lipinski definition) is 1. The van der Waals surface area contributed by atoms with Gasteiger partial charge < -0.3 is 10.1 Å². The van der Waals surface area contributed by atoms with Crippen molar-refractivity contribution < 1.29 is 17.9 Å². The second-order valence-corrected chi connectivity index (χ2v) is 9.08. The van der Waals surface area contributed by atoms with Gasteiger partial charge in [0.25, 0.3) is 5.91 Å². The Kier molecular flexibility index (Phi) is 6.36. The summed E-state index contributed by atoms with van der Waals surface area (Å²) in [5.74, 6) is 0.353. The number of sulfonamides is 1. The highest BCUT2D eigenvalue weighted by Crippen LogP contribution is 2.22. The minimum atomic E-state index is -3.47. The molecule has 150 valence electrons. The summed E-state index contributed by atoms with van der Waals surface area (Å²) in [6.45, 7) is 4.98. The van der Waals surface area contributed by atoms with Crippen molar-refractivity contribution in [2.75, 3.05) is 18.4 Å². The molecule has 1 heterocycles. The van der Waals surface area contributed by atoms with E-state index < -0.39 is 10.0 Å². The van der Waals surface area contributed by atoms with Gasteiger partial charge in [-0.2, -0.15) is 4.31 Å². The van der Waals surface area contributed by atoms with E-state index in [2.05, 4.69) is 5.32 Å². The van der Waals surface area contributed by atoms with Gasteiger partial charge in [0.2, 0.25) is 10.0 Å². The summed E-state index contributed by atoms with van der Waals surface area (Å²) in [6.07, 6.45) is 2.88. The van der Waals surface area contributed by atoms with E-state index in [-0.39, 0.29) is 16.9 Å². The van der Waals surface area contributed by atoms with E-state index in [1.165, 1.54) is 16.4 Å². The predicted octanol–water partition coefficient (Wildman–Crippen LogP) is 3.90. The highest BCUT2D eigenvalue weighted by atomic mass is 32.2. The Hall–Kier alpha value is -2.38. The minimum Gasteiger partial charge on any atom is -0.491 e. The van der Waals surface area contributed by atoms with Crippen LogP contribution < -0.4 is 10.1 Å². The number of rotatable bonds is 6. The van der Waals surface area contributed by atoms with Gasteiger partial charge in [-0.3, -0.25) is 4.79 Å². The first-order valence-corrected chi connectivity index (χ1v) is 11.0. The van der Waals surface area contributed by atoms with Crippen molar-refractivity contribution >= 4 is 21.6 Å². The Morgan fingerprint density at radius 2 is 1.71 bits per heavy atom. The maximum atomic E-state index is 12.7. The zero-order chi connectivity index (χ0) is 20.1. The molecule has 1 amide bonds. The first-order chi connectivity index (χ1) is 13.4. The summed E-state index contributed by atoms with van der Waals surface area (Å²) in [5, 5.41) is 2.79. The van der Waals surface area contributed by atoms with Gasteiger partial charge >= 0.3 is 0 Å². The molecule has 1 fully saturated rings. The number of nitrogens with zero attached hydrogens (tertiary/aromatic N) is 1. The topological polar surface area (TPSA) is 75.7 Å². The molecular weight excluding hydrogens is 376 g/mol. The third kappa shape index (κ3) is 4.91. The fourth-order valence-electron chi connectivity index (χ4n) is 3.15. The van der Waals surface area contributed by atoms with Gasteiger partial charge in [-0.1, -0.05) is 12.5 Å². The number of nitrogens with one attached hydrogen (secondary N) is 1. The van der Waals surface area contributed by atoms with E-state index in [9.17, 15) is 13.2 Å². The van der Waals surface area contributed by atoms with Crippen LogP contribution in [0.25, 0.3) is 0 Å². The normalized spacial score (nSPS) is 15.4. The summed E-state index contributed by atoms with van der Waals surface area (Å²) in [7, 11) is -3.47. The molecular formula is C21H26N2O4S. The van der Waals surface area contributed by atoms with Crippen LogP contribution in [0, 0.1) is 0 Å². The van der Waals surface area contributed by atoms with E-state index in [1.807, 2.05) is 13.8 Å². The number of ether oxygens (including phenoxy) is 1. The third-order valence-corrected chi connectivity index (χ3v) is 6.45. The highest BCUT2D eigenvalue weighted by molar-refractivity contribution is 7.89. The van der Waals surface area contributed by atoms with Crippen LogP contribution in [0.3, 0.4) is 0 Å². The van der Waals surface area contributed by atoms with Crippen molar-refractivity contribution in [3.8, 4) is 5.75 Å². The van der Waals surface area contributed by atoms with Crippen molar-refractivity contribution in [1.82, 2.24) is 4.31 Å². The molecule has 1 aliphatic heterocycles. The molecule has 2 aromatic rings. The Balaban J connectivity index is 1.69. The number of benzene rings is 2. The molecule has 6 nitrogen and oxygen atoms in total. The second kappa shape index (κ2) is 8.75. The summed E-state index contributed by atoms with van der Waals surface area (Å²) in [5.41, 5.74) is 1.01. The monoisotopic (exact) mass is 402 g/mol. The van der Waals surface area contributed by atoms with Gasteiger partial charge in [-0.15, -0.1) is 0 Å². The summed E-state index contributed by atoms with van der Waals surface area (Å²) in [4.78, 5) is 12.7. The Morgan fingerprint density at radius 3 is 2.36 bits per heavy atom. The fourth-order valence-corrected chi connectivity index (χ4v) is 4.67. The first kappa shape index (κ1) is 20.4. The molecule has 28 heavy (non-hydrogen) atoms. The van der Waals surface area contributed by atoms with Gasteiger partial charge in [0.05, 0.1) is 11.0 Å². The Bertz CT molecular complexity index is 918. The van der Waals surface area contributed by atoms with E-state index in [4.69, 9.17) is 4.74 Å². The van der Waals surface area contributed by atoms with E-state index >= 15 is 0 Å². The van der Waals surface area contributed by atoms with Crippen molar-refractivity contribution in [3.05, 3.63) is 54.1 Å². The second-order valence-electron chi connectivity index (χ2n) is 7.14. The lowest BCUT2D eigenvalue weighted by molar-refractivity contribution is 0.102. The number of carbonyl (C=O) groups excluding carboxylic acids is 1. The van der Waals surface area contributed by atoms with Crippen LogP contribution in [0.4, 0.5) is 5.69 Å². The van der Waals surface area contributed by atoms with E-state index in [0.29, 0.717) is 30.1 Å². The van der Waals surface area contributed by atoms with Gasteiger partial charge in [-0.25, -0.2) is 8.42 Å².